The number of aromatic amines is 1. The molecule has 1 aliphatic carbocycles. The highest BCUT2D eigenvalue weighted by Gasteiger charge is 2.20. The lowest BCUT2D eigenvalue weighted by Gasteiger charge is -2.25. The van der Waals surface area contributed by atoms with E-state index in [1.54, 1.807) is 12.3 Å². The van der Waals surface area contributed by atoms with Crippen molar-refractivity contribution in [2.45, 2.75) is 31.8 Å². The van der Waals surface area contributed by atoms with Crippen LogP contribution in [-0.4, -0.2) is 15.2 Å². The van der Waals surface area contributed by atoms with Crippen LogP contribution < -0.4 is 10.9 Å². The van der Waals surface area contributed by atoms with Crippen LogP contribution in [0.2, 0.25) is 0 Å². The predicted octanol–water partition coefficient (Wildman–Crippen LogP) is 1.33. The lowest BCUT2D eigenvalue weighted by atomic mass is 9.91. The first-order valence-corrected chi connectivity index (χ1v) is 6.55. The van der Waals surface area contributed by atoms with Crippen molar-refractivity contribution in [2.24, 2.45) is 0 Å². The number of nitrogens with zero attached hydrogens (tertiary/aromatic N) is 2. The Morgan fingerprint density at radius 1 is 1.37 bits per heavy atom. The Hall–Kier alpha value is -2.01. The molecule has 2 N–H and O–H groups in total. The molecule has 19 heavy (non-hydrogen) atoms. The molecular weight excluding hydrogens is 240 g/mol. The first kappa shape index (κ1) is 12.0. The summed E-state index contributed by atoms with van der Waals surface area (Å²) >= 11 is 0. The topological polar surface area (TPSA) is 70.7 Å². The van der Waals surface area contributed by atoms with Crippen molar-refractivity contribution in [2.75, 3.05) is 0 Å². The summed E-state index contributed by atoms with van der Waals surface area (Å²) in [4.78, 5) is 14.3. The Morgan fingerprint density at radius 3 is 3.16 bits per heavy atom. The normalized spacial score (nSPS) is 18.0. The summed E-state index contributed by atoms with van der Waals surface area (Å²) < 4.78 is 0. The summed E-state index contributed by atoms with van der Waals surface area (Å²) in [5, 5.41) is 11.4. The van der Waals surface area contributed by atoms with Crippen LogP contribution in [0.3, 0.4) is 0 Å². The number of hydrogen-bond donors (Lipinski definition) is 2. The van der Waals surface area contributed by atoms with E-state index in [1.807, 2.05) is 18.2 Å². The molecule has 2 heterocycles. The Bertz CT molecular complexity index is 608. The van der Waals surface area contributed by atoms with Crippen LogP contribution in [0.25, 0.3) is 0 Å². The van der Waals surface area contributed by atoms with Gasteiger partial charge in [-0.15, -0.1) is 0 Å². The van der Waals surface area contributed by atoms with Crippen LogP contribution in [0, 0.1) is 0 Å². The minimum atomic E-state index is -0.0201. The van der Waals surface area contributed by atoms with Gasteiger partial charge in [0.25, 0.3) is 0 Å². The Kier molecular flexibility index (Phi) is 3.37. The van der Waals surface area contributed by atoms with E-state index in [4.69, 9.17) is 0 Å². The third-order valence-corrected chi connectivity index (χ3v) is 3.49. The highest BCUT2D eigenvalue weighted by Crippen LogP contribution is 2.27. The van der Waals surface area contributed by atoms with Crippen LogP contribution in [-0.2, 0) is 13.0 Å². The predicted molar refractivity (Wildman–Crippen MR) is 71.6 cm³/mol. The molecule has 0 saturated carbocycles. The number of rotatable bonds is 3. The second-order valence-corrected chi connectivity index (χ2v) is 4.80. The summed E-state index contributed by atoms with van der Waals surface area (Å²) in [6.07, 6.45) is 4.79. The smallest absolute Gasteiger partial charge is 0.248 e. The van der Waals surface area contributed by atoms with Crippen LogP contribution in [0.5, 0.6) is 0 Å². The van der Waals surface area contributed by atoms with Crippen LogP contribution in [0.1, 0.15) is 35.8 Å². The van der Waals surface area contributed by atoms with E-state index in [9.17, 15) is 4.79 Å². The van der Waals surface area contributed by atoms with Crippen LogP contribution in [0.4, 0.5) is 0 Å². The molecule has 0 fully saturated rings. The summed E-state index contributed by atoms with van der Waals surface area (Å²) in [7, 11) is 0. The molecule has 0 aromatic carbocycles. The fourth-order valence-corrected chi connectivity index (χ4v) is 2.57. The number of aryl methyl sites for hydroxylation is 1. The molecule has 5 heteroatoms. The van der Waals surface area contributed by atoms with Crippen molar-refractivity contribution >= 4 is 0 Å². The molecule has 0 saturated heterocycles. The minimum Gasteiger partial charge on any atom is -0.326 e. The van der Waals surface area contributed by atoms with Gasteiger partial charge in [0.05, 0.1) is 5.69 Å². The highest BCUT2D eigenvalue weighted by atomic mass is 16.1. The van der Waals surface area contributed by atoms with Crippen molar-refractivity contribution in [3.8, 4) is 0 Å². The highest BCUT2D eigenvalue weighted by molar-refractivity contribution is 5.26. The lowest BCUT2D eigenvalue weighted by molar-refractivity contribution is 0.449. The van der Waals surface area contributed by atoms with Gasteiger partial charge in [-0.3, -0.25) is 4.79 Å². The van der Waals surface area contributed by atoms with Crippen LogP contribution in [0.15, 0.2) is 35.3 Å². The number of pyridine rings is 1. The van der Waals surface area contributed by atoms with E-state index < -0.39 is 0 Å². The van der Waals surface area contributed by atoms with Gasteiger partial charge in [-0.2, -0.15) is 10.2 Å². The van der Waals surface area contributed by atoms with E-state index in [0.29, 0.717) is 6.54 Å². The molecule has 0 aliphatic heterocycles. The lowest BCUT2D eigenvalue weighted by Crippen LogP contribution is -2.27. The molecule has 1 atom stereocenters. The molecule has 0 bridgehead atoms. The Balaban J connectivity index is 1.75. The average Bonchev–Trinajstić information content (AvgIpc) is 2.45. The third kappa shape index (κ3) is 2.71. The quantitative estimate of drug-likeness (QED) is 0.869. The number of nitrogens with one attached hydrogen (secondary N) is 2. The average molecular weight is 256 g/mol. The maximum Gasteiger partial charge on any atom is 0.248 e. The maximum atomic E-state index is 11.3. The number of aromatic nitrogens is 3. The standard InChI is InChI=1S/C14H16N4O/c19-14-7-6-11-12(4-1-5-13(11)17-14)15-9-10-3-2-8-16-18-10/h2-3,6-8,12,15H,1,4-5,9H2,(H,17,19). The number of H-pyrrole nitrogens is 1. The second-order valence-electron chi connectivity index (χ2n) is 4.80. The van der Waals surface area contributed by atoms with Crippen molar-refractivity contribution in [3.63, 3.8) is 0 Å². The van der Waals surface area contributed by atoms with E-state index in [-0.39, 0.29) is 11.6 Å². The van der Waals surface area contributed by atoms with Gasteiger partial charge in [-0.05, 0) is 37.0 Å². The van der Waals surface area contributed by atoms with Gasteiger partial charge >= 0.3 is 0 Å². The monoisotopic (exact) mass is 256 g/mol. The van der Waals surface area contributed by atoms with Crippen molar-refractivity contribution in [1.29, 1.82) is 0 Å². The van der Waals surface area contributed by atoms with Gasteiger partial charge in [-0.25, -0.2) is 0 Å². The summed E-state index contributed by atoms with van der Waals surface area (Å²) in [5.74, 6) is 0. The molecule has 1 aliphatic rings. The zero-order valence-corrected chi connectivity index (χ0v) is 10.6. The van der Waals surface area contributed by atoms with Gasteiger partial charge < -0.3 is 10.3 Å². The fraction of sp³-hybridized carbons (Fsp3) is 0.357. The molecule has 2 aromatic rings. The van der Waals surface area contributed by atoms with Crippen molar-refractivity contribution in [1.82, 2.24) is 20.5 Å². The SMILES string of the molecule is O=c1ccc2c([nH]1)CCCC2NCc1cccnn1. The maximum absolute atomic E-state index is 11.3. The molecule has 0 radical (unpaired) electrons. The summed E-state index contributed by atoms with van der Waals surface area (Å²) in [6, 6.07) is 7.65. The zero-order valence-electron chi connectivity index (χ0n) is 10.6. The van der Waals surface area contributed by atoms with E-state index >= 15 is 0 Å². The molecule has 2 aromatic heterocycles. The Labute approximate surface area is 111 Å². The van der Waals surface area contributed by atoms with Crippen molar-refractivity contribution in [3.05, 3.63) is 57.8 Å². The van der Waals surface area contributed by atoms with Gasteiger partial charge in [-0.1, -0.05) is 6.07 Å². The largest absolute Gasteiger partial charge is 0.326 e. The van der Waals surface area contributed by atoms with Gasteiger partial charge in [0.1, 0.15) is 0 Å². The number of hydrogen-bond acceptors (Lipinski definition) is 4. The van der Waals surface area contributed by atoms with Gasteiger partial charge in [0, 0.05) is 30.5 Å². The Morgan fingerprint density at radius 2 is 2.32 bits per heavy atom. The third-order valence-electron chi connectivity index (χ3n) is 3.49. The molecule has 0 amide bonds. The van der Waals surface area contributed by atoms with Crippen molar-refractivity contribution < 1.29 is 0 Å². The first-order valence-electron chi connectivity index (χ1n) is 6.55. The fourth-order valence-electron chi connectivity index (χ4n) is 2.57. The van der Waals surface area contributed by atoms with E-state index in [1.165, 1.54) is 5.56 Å². The zero-order chi connectivity index (χ0) is 13.1. The molecule has 0 spiro atoms. The van der Waals surface area contributed by atoms with Gasteiger partial charge in [0.2, 0.25) is 5.56 Å². The number of fused-ring (bicyclic) bond motifs is 1. The minimum absolute atomic E-state index is 0.0201. The van der Waals surface area contributed by atoms with E-state index in [2.05, 4.69) is 20.5 Å². The molecule has 5 nitrogen and oxygen atoms in total. The molecular formula is C14H16N4O. The first-order chi connectivity index (χ1) is 9.33. The van der Waals surface area contributed by atoms with Gasteiger partial charge in [0.15, 0.2) is 0 Å². The van der Waals surface area contributed by atoms with E-state index in [0.717, 1.165) is 30.7 Å². The summed E-state index contributed by atoms with van der Waals surface area (Å²) in [5.41, 5.74) is 3.18. The molecule has 1 unspecified atom stereocenters. The molecule has 3 rings (SSSR count). The molecule has 98 valence electrons. The summed E-state index contributed by atoms with van der Waals surface area (Å²) in [6.45, 7) is 0.692. The second kappa shape index (κ2) is 5.32. The van der Waals surface area contributed by atoms with Crippen LogP contribution >= 0.6 is 0 Å².